The number of amides is 1. The molecular formula is C13H20N2O2. The van der Waals surface area contributed by atoms with Crippen molar-refractivity contribution < 1.29 is 9.21 Å². The molecule has 2 heterocycles. The summed E-state index contributed by atoms with van der Waals surface area (Å²) in [6.07, 6.45) is 0.966. The second-order valence-electron chi connectivity index (χ2n) is 5.36. The minimum atomic E-state index is -0.00669. The topological polar surface area (TPSA) is 59.5 Å². The quantitative estimate of drug-likeness (QED) is 0.850. The molecule has 1 aromatic heterocycles. The van der Waals surface area contributed by atoms with Crippen LogP contribution >= 0.6 is 0 Å². The van der Waals surface area contributed by atoms with E-state index in [4.69, 9.17) is 10.2 Å². The predicted molar refractivity (Wildman–Crippen MR) is 65.9 cm³/mol. The number of nitrogens with two attached hydrogens (primary N) is 1. The van der Waals surface area contributed by atoms with Crippen molar-refractivity contribution in [3.05, 3.63) is 23.2 Å². The third-order valence-electron chi connectivity index (χ3n) is 3.57. The summed E-state index contributed by atoms with van der Waals surface area (Å²) >= 11 is 0. The Hall–Kier alpha value is -1.29. The maximum absolute atomic E-state index is 12.3. The molecule has 2 rings (SSSR count). The number of likely N-dealkylation sites (tertiary alicyclic amines) is 1. The van der Waals surface area contributed by atoms with Crippen LogP contribution in [0.1, 0.15) is 35.2 Å². The standard InChI is InChI=1S/C13H20N2O2/c1-9-6-10(2)17-11(9)12(16)15-5-4-13(3,7-14)8-15/h6H,4-5,7-8,14H2,1-3H3. The van der Waals surface area contributed by atoms with E-state index in [1.165, 1.54) is 0 Å². The Morgan fingerprint density at radius 2 is 2.29 bits per heavy atom. The van der Waals surface area contributed by atoms with Gasteiger partial charge in [0.25, 0.3) is 5.91 Å². The molecule has 1 fully saturated rings. The van der Waals surface area contributed by atoms with Gasteiger partial charge in [-0.3, -0.25) is 4.79 Å². The molecule has 1 amide bonds. The average molecular weight is 236 g/mol. The summed E-state index contributed by atoms with van der Waals surface area (Å²) in [6, 6.07) is 1.89. The van der Waals surface area contributed by atoms with Gasteiger partial charge in [0.05, 0.1) is 0 Å². The van der Waals surface area contributed by atoms with E-state index in [2.05, 4.69) is 6.92 Å². The van der Waals surface area contributed by atoms with Crippen LogP contribution in [0, 0.1) is 19.3 Å². The lowest BCUT2D eigenvalue weighted by molar-refractivity contribution is 0.0743. The van der Waals surface area contributed by atoms with Crippen LogP contribution < -0.4 is 5.73 Å². The molecular weight excluding hydrogens is 216 g/mol. The first-order valence-electron chi connectivity index (χ1n) is 6.01. The number of hydrogen-bond acceptors (Lipinski definition) is 3. The summed E-state index contributed by atoms with van der Waals surface area (Å²) in [6.45, 7) is 8.00. The lowest BCUT2D eigenvalue weighted by Gasteiger charge is -2.22. The number of carbonyl (C=O) groups excluding carboxylic acids is 1. The van der Waals surface area contributed by atoms with Crippen molar-refractivity contribution in [2.75, 3.05) is 19.6 Å². The molecule has 1 aliphatic rings. The summed E-state index contributed by atoms with van der Waals surface area (Å²) in [5, 5.41) is 0. The van der Waals surface area contributed by atoms with Gasteiger partial charge in [0.1, 0.15) is 5.76 Å². The van der Waals surface area contributed by atoms with Gasteiger partial charge in [0.2, 0.25) is 0 Å². The summed E-state index contributed by atoms with van der Waals surface area (Å²) < 4.78 is 5.47. The van der Waals surface area contributed by atoms with E-state index in [0.717, 1.165) is 30.8 Å². The van der Waals surface area contributed by atoms with Crippen LogP contribution in [-0.4, -0.2) is 30.4 Å². The fraction of sp³-hybridized carbons (Fsp3) is 0.615. The fourth-order valence-corrected chi connectivity index (χ4v) is 2.36. The van der Waals surface area contributed by atoms with E-state index in [1.807, 2.05) is 24.8 Å². The monoisotopic (exact) mass is 236 g/mol. The minimum Gasteiger partial charge on any atom is -0.456 e. The van der Waals surface area contributed by atoms with Crippen molar-refractivity contribution in [1.82, 2.24) is 4.90 Å². The van der Waals surface area contributed by atoms with E-state index in [1.54, 1.807) is 0 Å². The molecule has 0 bridgehead atoms. The van der Waals surface area contributed by atoms with Crippen LogP contribution in [0.25, 0.3) is 0 Å². The molecule has 17 heavy (non-hydrogen) atoms. The molecule has 94 valence electrons. The van der Waals surface area contributed by atoms with Crippen molar-refractivity contribution in [3.63, 3.8) is 0 Å². The van der Waals surface area contributed by atoms with Gasteiger partial charge >= 0.3 is 0 Å². The molecule has 1 atom stereocenters. The molecule has 1 aromatic rings. The van der Waals surface area contributed by atoms with Gasteiger partial charge in [-0.1, -0.05) is 6.92 Å². The predicted octanol–water partition coefficient (Wildman–Crippen LogP) is 1.71. The van der Waals surface area contributed by atoms with E-state index in [9.17, 15) is 4.79 Å². The average Bonchev–Trinajstić information content (AvgIpc) is 2.82. The number of furan rings is 1. The van der Waals surface area contributed by atoms with Crippen molar-refractivity contribution in [3.8, 4) is 0 Å². The molecule has 4 nitrogen and oxygen atoms in total. The SMILES string of the molecule is Cc1cc(C)c(C(=O)N2CCC(C)(CN)C2)o1. The molecule has 0 saturated carbocycles. The fourth-order valence-electron chi connectivity index (χ4n) is 2.36. The molecule has 0 spiro atoms. The van der Waals surface area contributed by atoms with E-state index < -0.39 is 0 Å². The maximum Gasteiger partial charge on any atom is 0.289 e. The van der Waals surface area contributed by atoms with Crippen LogP contribution in [-0.2, 0) is 0 Å². The Balaban J connectivity index is 2.15. The number of aryl methyl sites for hydroxylation is 2. The van der Waals surface area contributed by atoms with Gasteiger partial charge in [-0.25, -0.2) is 0 Å². The Bertz CT molecular complexity index is 439. The van der Waals surface area contributed by atoms with Crippen molar-refractivity contribution >= 4 is 5.91 Å². The van der Waals surface area contributed by atoms with Gasteiger partial charge in [-0.15, -0.1) is 0 Å². The zero-order valence-electron chi connectivity index (χ0n) is 10.7. The molecule has 0 radical (unpaired) electrons. The summed E-state index contributed by atoms with van der Waals surface area (Å²) in [7, 11) is 0. The lowest BCUT2D eigenvalue weighted by atomic mass is 9.90. The highest BCUT2D eigenvalue weighted by molar-refractivity contribution is 5.93. The zero-order chi connectivity index (χ0) is 12.6. The zero-order valence-corrected chi connectivity index (χ0v) is 10.7. The molecule has 0 aliphatic carbocycles. The number of rotatable bonds is 2. The third kappa shape index (κ3) is 2.22. The first-order valence-corrected chi connectivity index (χ1v) is 6.01. The molecule has 1 unspecified atom stereocenters. The molecule has 2 N–H and O–H groups in total. The second-order valence-corrected chi connectivity index (χ2v) is 5.36. The Kier molecular flexibility index (Phi) is 3.00. The Labute approximate surface area is 102 Å². The summed E-state index contributed by atoms with van der Waals surface area (Å²) in [4.78, 5) is 14.1. The van der Waals surface area contributed by atoms with Crippen LogP contribution in [0.5, 0.6) is 0 Å². The van der Waals surface area contributed by atoms with Gasteiger partial charge in [-0.2, -0.15) is 0 Å². The van der Waals surface area contributed by atoms with Crippen LogP contribution in [0.3, 0.4) is 0 Å². The van der Waals surface area contributed by atoms with E-state index in [-0.39, 0.29) is 11.3 Å². The molecule has 0 aromatic carbocycles. The van der Waals surface area contributed by atoms with Crippen molar-refractivity contribution in [1.29, 1.82) is 0 Å². The Morgan fingerprint density at radius 3 is 2.76 bits per heavy atom. The van der Waals surface area contributed by atoms with Crippen LogP contribution in [0.4, 0.5) is 0 Å². The van der Waals surface area contributed by atoms with Gasteiger partial charge in [0, 0.05) is 18.7 Å². The Morgan fingerprint density at radius 1 is 1.59 bits per heavy atom. The van der Waals surface area contributed by atoms with E-state index in [0.29, 0.717) is 12.3 Å². The van der Waals surface area contributed by atoms with Crippen molar-refractivity contribution in [2.45, 2.75) is 27.2 Å². The lowest BCUT2D eigenvalue weighted by Crippen LogP contribution is -2.34. The first kappa shape index (κ1) is 12.2. The maximum atomic E-state index is 12.3. The highest BCUT2D eigenvalue weighted by Crippen LogP contribution is 2.30. The minimum absolute atomic E-state index is 0.00669. The summed E-state index contributed by atoms with van der Waals surface area (Å²) in [5.41, 5.74) is 6.71. The molecule has 4 heteroatoms. The number of carbonyl (C=O) groups is 1. The van der Waals surface area contributed by atoms with E-state index >= 15 is 0 Å². The second kappa shape index (κ2) is 4.18. The first-order chi connectivity index (χ1) is 7.95. The normalized spacial score (nSPS) is 24.4. The van der Waals surface area contributed by atoms with Gasteiger partial charge in [-0.05, 0) is 38.3 Å². The number of hydrogen-bond donors (Lipinski definition) is 1. The molecule has 1 saturated heterocycles. The number of nitrogens with zero attached hydrogens (tertiary/aromatic N) is 1. The third-order valence-corrected chi connectivity index (χ3v) is 3.57. The van der Waals surface area contributed by atoms with Crippen molar-refractivity contribution in [2.24, 2.45) is 11.1 Å². The summed E-state index contributed by atoms with van der Waals surface area (Å²) in [5.74, 6) is 1.25. The highest BCUT2D eigenvalue weighted by Gasteiger charge is 2.36. The van der Waals surface area contributed by atoms with Crippen LogP contribution in [0.15, 0.2) is 10.5 Å². The largest absolute Gasteiger partial charge is 0.456 e. The highest BCUT2D eigenvalue weighted by atomic mass is 16.4. The smallest absolute Gasteiger partial charge is 0.289 e. The van der Waals surface area contributed by atoms with Gasteiger partial charge < -0.3 is 15.1 Å². The molecule has 1 aliphatic heterocycles. The van der Waals surface area contributed by atoms with Gasteiger partial charge in [0.15, 0.2) is 5.76 Å². The van der Waals surface area contributed by atoms with Crippen LogP contribution in [0.2, 0.25) is 0 Å².